The van der Waals surface area contributed by atoms with E-state index >= 15 is 0 Å². The number of rotatable bonds is 3. The van der Waals surface area contributed by atoms with Gasteiger partial charge in [-0.1, -0.05) is 23.7 Å². The minimum atomic E-state index is 0.0250. The van der Waals surface area contributed by atoms with Crippen LogP contribution in [0.5, 0.6) is 11.5 Å². The molecular weight excluding hydrogens is 302 g/mol. The van der Waals surface area contributed by atoms with Gasteiger partial charge in [-0.25, -0.2) is 0 Å². The molecule has 0 aliphatic carbocycles. The second-order valence-corrected chi connectivity index (χ2v) is 5.47. The first-order chi connectivity index (χ1) is 10.7. The van der Waals surface area contributed by atoms with E-state index in [0.29, 0.717) is 30.3 Å². The van der Waals surface area contributed by atoms with Gasteiger partial charge in [0.15, 0.2) is 0 Å². The highest BCUT2D eigenvalue weighted by molar-refractivity contribution is 6.31. The Hall–Kier alpha value is -2.20. The van der Waals surface area contributed by atoms with Crippen LogP contribution in [0.1, 0.15) is 5.56 Å². The standard InChI is InChI=1S/C17H16ClNO3/c1-21-14-5-2-12(3-6-14)10-17(20)19-8-9-22-16-7-4-13(18)11-15(16)19/h2-7,11H,8-10H2,1H3. The van der Waals surface area contributed by atoms with Crippen molar-refractivity contribution in [2.75, 3.05) is 25.2 Å². The third kappa shape index (κ3) is 3.02. The van der Waals surface area contributed by atoms with Gasteiger partial charge in [-0.3, -0.25) is 4.79 Å². The summed E-state index contributed by atoms with van der Waals surface area (Å²) in [5, 5.41) is 0.589. The first-order valence-corrected chi connectivity index (χ1v) is 7.41. The predicted molar refractivity (Wildman–Crippen MR) is 86.0 cm³/mol. The fourth-order valence-electron chi connectivity index (χ4n) is 2.46. The number of ether oxygens (including phenoxy) is 2. The molecule has 0 unspecified atom stereocenters. The predicted octanol–water partition coefficient (Wildman–Crippen LogP) is 3.32. The lowest BCUT2D eigenvalue weighted by Crippen LogP contribution is -2.38. The topological polar surface area (TPSA) is 38.8 Å². The molecule has 2 aromatic carbocycles. The quantitative estimate of drug-likeness (QED) is 0.871. The van der Waals surface area contributed by atoms with Crippen LogP contribution in [-0.4, -0.2) is 26.2 Å². The molecule has 0 N–H and O–H groups in total. The summed E-state index contributed by atoms with van der Waals surface area (Å²) in [7, 11) is 1.62. The summed E-state index contributed by atoms with van der Waals surface area (Å²) in [5.41, 5.74) is 1.68. The van der Waals surface area contributed by atoms with Gasteiger partial charge in [0, 0.05) is 5.02 Å². The Morgan fingerprint density at radius 2 is 2.05 bits per heavy atom. The molecule has 4 nitrogen and oxygen atoms in total. The van der Waals surface area contributed by atoms with Crippen LogP contribution in [0.2, 0.25) is 5.02 Å². The van der Waals surface area contributed by atoms with Crippen molar-refractivity contribution in [3.05, 3.63) is 53.1 Å². The zero-order valence-corrected chi connectivity index (χ0v) is 13.0. The molecule has 0 spiro atoms. The van der Waals surface area contributed by atoms with Crippen LogP contribution >= 0.6 is 11.6 Å². The molecule has 0 radical (unpaired) electrons. The number of halogens is 1. The number of hydrogen-bond acceptors (Lipinski definition) is 3. The normalized spacial score (nSPS) is 13.3. The van der Waals surface area contributed by atoms with E-state index in [1.807, 2.05) is 24.3 Å². The lowest BCUT2D eigenvalue weighted by molar-refractivity contribution is -0.118. The van der Waals surface area contributed by atoms with Crippen molar-refractivity contribution in [1.29, 1.82) is 0 Å². The second kappa shape index (κ2) is 6.28. The summed E-state index contributed by atoms with van der Waals surface area (Å²) in [4.78, 5) is 14.3. The minimum absolute atomic E-state index is 0.0250. The Bertz CT molecular complexity index is 685. The number of hydrogen-bond donors (Lipinski definition) is 0. The molecule has 0 saturated heterocycles. The molecular formula is C17H16ClNO3. The highest BCUT2D eigenvalue weighted by Gasteiger charge is 2.23. The third-order valence-electron chi connectivity index (χ3n) is 3.60. The number of carbonyl (C=O) groups is 1. The maximum Gasteiger partial charge on any atom is 0.231 e. The first kappa shape index (κ1) is 14.7. The van der Waals surface area contributed by atoms with E-state index in [0.717, 1.165) is 17.0 Å². The van der Waals surface area contributed by atoms with E-state index in [4.69, 9.17) is 21.1 Å². The fourth-order valence-corrected chi connectivity index (χ4v) is 2.63. The molecule has 5 heteroatoms. The summed E-state index contributed by atoms with van der Waals surface area (Å²) >= 11 is 6.03. The van der Waals surface area contributed by atoms with Crippen molar-refractivity contribution in [3.8, 4) is 11.5 Å². The minimum Gasteiger partial charge on any atom is -0.497 e. The smallest absolute Gasteiger partial charge is 0.231 e. The lowest BCUT2D eigenvalue weighted by Gasteiger charge is -2.29. The summed E-state index contributed by atoms with van der Waals surface area (Å²) in [6.07, 6.45) is 0.329. The highest BCUT2D eigenvalue weighted by Crippen LogP contribution is 2.34. The van der Waals surface area contributed by atoms with Gasteiger partial charge in [-0.15, -0.1) is 0 Å². The fraction of sp³-hybridized carbons (Fsp3) is 0.235. The van der Waals surface area contributed by atoms with Crippen molar-refractivity contribution in [2.45, 2.75) is 6.42 Å². The van der Waals surface area contributed by atoms with Gasteiger partial charge in [0.1, 0.15) is 18.1 Å². The number of carbonyl (C=O) groups excluding carboxylic acids is 1. The molecule has 0 bridgehead atoms. The number of methoxy groups -OCH3 is 1. The van der Waals surface area contributed by atoms with Crippen LogP contribution in [0.4, 0.5) is 5.69 Å². The zero-order chi connectivity index (χ0) is 15.5. The van der Waals surface area contributed by atoms with Gasteiger partial charge in [-0.05, 0) is 35.9 Å². The Morgan fingerprint density at radius 1 is 1.27 bits per heavy atom. The largest absolute Gasteiger partial charge is 0.497 e. The zero-order valence-electron chi connectivity index (χ0n) is 12.2. The number of benzene rings is 2. The van der Waals surface area contributed by atoms with Gasteiger partial charge >= 0.3 is 0 Å². The summed E-state index contributed by atoms with van der Waals surface area (Å²) in [6, 6.07) is 12.8. The third-order valence-corrected chi connectivity index (χ3v) is 3.83. The average molecular weight is 318 g/mol. The molecule has 114 valence electrons. The molecule has 1 amide bonds. The van der Waals surface area contributed by atoms with Crippen molar-refractivity contribution >= 4 is 23.2 Å². The van der Waals surface area contributed by atoms with E-state index in [9.17, 15) is 4.79 Å². The molecule has 22 heavy (non-hydrogen) atoms. The molecule has 1 aliphatic rings. The van der Waals surface area contributed by atoms with Crippen LogP contribution in [0.25, 0.3) is 0 Å². The molecule has 3 rings (SSSR count). The number of nitrogens with zero attached hydrogens (tertiary/aromatic N) is 1. The first-order valence-electron chi connectivity index (χ1n) is 7.03. The van der Waals surface area contributed by atoms with Crippen molar-refractivity contribution < 1.29 is 14.3 Å². The Kier molecular flexibility index (Phi) is 4.20. The molecule has 1 aliphatic heterocycles. The molecule has 0 aromatic heterocycles. The van der Waals surface area contributed by atoms with Gasteiger partial charge in [0.05, 0.1) is 25.8 Å². The van der Waals surface area contributed by atoms with E-state index in [-0.39, 0.29) is 5.91 Å². The number of amides is 1. The maximum absolute atomic E-state index is 12.6. The van der Waals surface area contributed by atoms with E-state index in [1.54, 1.807) is 30.2 Å². The van der Waals surface area contributed by atoms with Crippen molar-refractivity contribution in [1.82, 2.24) is 0 Å². The Balaban J connectivity index is 1.79. The lowest BCUT2D eigenvalue weighted by atomic mass is 10.1. The molecule has 1 heterocycles. The van der Waals surface area contributed by atoms with Gasteiger partial charge < -0.3 is 14.4 Å². The van der Waals surface area contributed by atoms with Crippen LogP contribution in [0.15, 0.2) is 42.5 Å². The number of anilines is 1. The Labute approximate surface area is 134 Å². The summed E-state index contributed by atoms with van der Waals surface area (Å²) in [6.45, 7) is 1.02. The molecule has 0 saturated carbocycles. The number of fused-ring (bicyclic) bond motifs is 1. The van der Waals surface area contributed by atoms with E-state index < -0.39 is 0 Å². The van der Waals surface area contributed by atoms with E-state index in [2.05, 4.69) is 0 Å². The molecule has 0 atom stereocenters. The van der Waals surface area contributed by atoms with Gasteiger partial charge in [-0.2, -0.15) is 0 Å². The summed E-state index contributed by atoms with van der Waals surface area (Å²) < 4.78 is 10.7. The van der Waals surface area contributed by atoms with Crippen LogP contribution in [0, 0.1) is 0 Å². The van der Waals surface area contributed by atoms with Gasteiger partial charge in [0.2, 0.25) is 5.91 Å². The molecule has 0 fully saturated rings. The van der Waals surface area contributed by atoms with Crippen LogP contribution in [0.3, 0.4) is 0 Å². The Morgan fingerprint density at radius 3 is 2.77 bits per heavy atom. The van der Waals surface area contributed by atoms with Gasteiger partial charge in [0.25, 0.3) is 0 Å². The SMILES string of the molecule is COc1ccc(CC(=O)N2CCOc3ccc(Cl)cc32)cc1. The second-order valence-electron chi connectivity index (χ2n) is 5.03. The summed E-state index contributed by atoms with van der Waals surface area (Å²) in [5.74, 6) is 1.50. The van der Waals surface area contributed by atoms with Crippen LogP contribution < -0.4 is 14.4 Å². The van der Waals surface area contributed by atoms with Crippen molar-refractivity contribution in [2.24, 2.45) is 0 Å². The highest BCUT2D eigenvalue weighted by atomic mass is 35.5. The monoisotopic (exact) mass is 317 g/mol. The molecule has 2 aromatic rings. The van der Waals surface area contributed by atoms with Crippen LogP contribution in [-0.2, 0) is 11.2 Å². The van der Waals surface area contributed by atoms with E-state index in [1.165, 1.54) is 0 Å². The van der Waals surface area contributed by atoms with Crippen molar-refractivity contribution in [3.63, 3.8) is 0 Å². The average Bonchev–Trinajstić information content (AvgIpc) is 2.55. The maximum atomic E-state index is 12.6.